The second-order valence-corrected chi connectivity index (χ2v) is 5.21. The molecule has 0 saturated carbocycles. The molecule has 0 amide bonds. The number of thiocarbonyl (C=S) groups is 1. The fourth-order valence-electron chi connectivity index (χ4n) is 2.25. The Balaban J connectivity index is 2.21. The molecule has 1 aliphatic heterocycles. The van der Waals surface area contributed by atoms with Gasteiger partial charge in [-0.25, -0.2) is 0 Å². The van der Waals surface area contributed by atoms with E-state index in [2.05, 4.69) is 5.32 Å². The highest BCUT2D eigenvalue weighted by molar-refractivity contribution is 7.80. The third-order valence-electron chi connectivity index (χ3n) is 3.43. The molecule has 0 bridgehead atoms. The third kappa shape index (κ3) is 3.15. The van der Waals surface area contributed by atoms with Crippen LogP contribution in [0.25, 0.3) is 0 Å². The molecule has 21 heavy (non-hydrogen) atoms. The van der Waals surface area contributed by atoms with E-state index in [-0.39, 0.29) is 5.11 Å². The molecule has 5 atom stereocenters. The number of aliphatic hydroxyl groups is 5. The zero-order valence-electron chi connectivity index (χ0n) is 11.1. The van der Waals surface area contributed by atoms with Crippen LogP contribution in [0.5, 0.6) is 0 Å². The summed E-state index contributed by atoms with van der Waals surface area (Å²) in [6.45, 7) is -0.669. The van der Waals surface area contributed by atoms with Crippen molar-refractivity contribution in [2.45, 2.75) is 30.6 Å². The highest BCUT2D eigenvalue weighted by Crippen LogP contribution is 2.24. The molecule has 0 radical (unpaired) electrons. The summed E-state index contributed by atoms with van der Waals surface area (Å²) < 4.78 is 0. The van der Waals surface area contributed by atoms with E-state index < -0.39 is 37.2 Å². The van der Waals surface area contributed by atoms with Crippen LogP contribution in [0.4, 0.5) is 5.69 Å². The Kier molecular flexibility index (Phi) is 5.09. The lowest BCUT2D eigenvalue weighted by Crippen LogP contribution is -2.69. The van der Waals surface area contributed by atoms with Crippen molar-refractivity contribution in [1.29, 1.82) is 0 Å². The summed E-state index contributed by atoms with van der Waals surface area (Å²) in [5.41, 5.74) is 0.581. The SMILES string of the molecule is OCC(O)C(O)[C@@H]1NC(=S)N(c2ccccc2)[C@@H](O)[C@@H]1O. The predicted molar refractivity (Wildman–Crippen MR) is 79.6 cm³/mol. The van der Waals surface area contributed by atoms with Crippen LogP contribution in [0.1, 0.15) is 0 Å². The molecule has 1 heterocycles. The van der Waals surface area contributed by atoms with E-state index in [1.165, 1.54) is 4.90 Å². The minimum Gasteiger partial charge on any atom is -0.394 e. The molecule has 2 unspecified atom stereocenters. The molecule has 1 fully saturated rings. The van der Waals surface area contributed by atoms with Gasteiger partial charge in [-0.1, -0.05) is 18.2 Å². The van der Waals surface area contributed by atoms with E-state index in [0.29, 0.717) is 5.69 Å². The first-order valence-corrected chi connectivity index (χ1v) is 6.86. The van der Waals surface area contributed by atoms with Crippen molar-refractivity contribution in [3.8, 4) is 0 Å². The molecule has 1 saturated heterocycles. The average Bonchev–Trinajstić information content (AvgIpc) is 2.50. The number of anilines is 1. The Bertz CT molecular complexity index is 489. The molecule has 1 aromatic rings. The Labute approximate surface area is 127 Å². The summed E-state index contributed by atoms with van der Waals surface area (Å²) in [4.78, 5) is 1.31. The predicted octanol–water partition coefficient (Wildman–Crippen LogP) is -1.86. The molecular formula is C13H18N2O5S. The lowest BCUT2D eigenvalue weighted by atomic mass is 9.96. The molecule has 7 nitrogen and oxygen atoms in total. The van der Waals surface area contributed by atoms with Gasteiger partial charge in [0, 0.05) is 5.69 Å². The smallest absolute Gasteiger partial charge is 0.176 e. The van der Waals surface area contributed by atoms with Crippen LogP contribution in [0.15, 0.2) is 30.3 Å². The van der Waals surface area contributed by atoms with Gasteiger partial charge in [0.1, 0.15) is 18.3 Å². The fraction of sp³-hybridized carbons (Fsp3) is 0.462. The topological polar surface area (TPSA) is 116 Å². The Morgan fingerprint density at radius 1 is 1.19 bits per heavy atom. The summed E-state index contributed by atoms with van der Waals surface area (Å²) >= 11 is 5.15. The molecule has 2 rings (SSSR count). The molecule has 1 aromatic carbocycles. The number of para-hydroxylation sites is 1. The highest BCUT2D eigenvalue weighted by Gasteiger charge is 2.43. The van der Waals surface area contributed by atoms with E-state index in [1.54, 1.807) is 30.3 Å². The third-order valence-corrected chi connectivity index (χ3v) is 3.75. The Hall–Kier alpha value is -1.29. The van der Waals surface area contributed by atoms with E-state index in [9.17, 15) is 20.4 Å². The summed E-state index contributed by atoms with van der Waals surface area (Å²) in [6, 6.07) is 7.65. The van der Waals surface area contributed by atoms with Gasteiger partial charge in [0.15, 0.2) is 11.3 Å². The van der Waals surface area contributed by atoms with Crippen LogP contribution in [0.3, 0.4) is 0 Å². The standard InChI is InChI=1S/C13H18N2O5S/c16-6-8(17)10(18)9-11(19)12(20)15(13(21)14-9)7-4-2-1-3-5-7/h1-5,8-12,16-20H,6H2,(H,14,21)/t8?,9-,10?,11+,12-/m0/s1. The quantitative estimate of drug-likeness (QED) is 0.359. The number of aliphatic hydroxyl groups excluding tert-OH is 5. The van der Waals surface area contributed by atoms with Crippen LogP contribution >= 0.6 is 12.2 Å². The van der Waals surface area contributed by atoms with Crippen molar-refractivity contribution < 1.29 is 25.5 Å². The van der Waals surface area contributed by atoms with Gasteiger partial charge < -0.3 is 30.8 Å². The Morgan fingerprint density at radius 2 is 1.81 bits per heavy atom. The Morgan fingerprint density at radius 3 is 2.38 bits per heavy atom. The van der Waals surface area contributed by atoms with Crippen molar-refractivity contribution in [2.24, 2.45) is 0 Å². The van der Waals surface area contributed by atoms with Gasteiger partial charge in [-0.2, -0.15) is 0 Å². The minimum atomic E-state index is -1.48. The molecule has 0 aromatic heterocycles. The molecular weight excluding hydrogens is 296 g/mol. The van der Waals surface area contributed by atoms with Gasteiger partial charge in [0.05, 0.1) is 12.6 Å². The number of nitrogens with zero attached hydrogens (tertiary/aromatic N) is 1. The number of hydrogen-bond acceptors (Lipinski definition) is 6. The van der Waals surface area contributed by atoms with Gasteiger partial charge >= 0.3 is 0 Å². The highest BCUT2D eigenvalue weighted by atomic mass is 32.1. The van der Waals surface area contributed by atoms with Crippen molar-refractivity contribution in [2.75, 3.05) is 11.5 Å². The maximum Gasteiger partial charge on any atom is 0.176 e. The van der Waals surface area contributed by atoms with Crippen LogP contribution in [0.2, 0.25) is 0 Å². The minimum absolute atomic E-state index is 0.105. The van der Waals surface area contributed by atoms with Crippen LogP contribution in [0, 0.1) is 0 Å². The lowest BCUT2D eigenvalue weighted by Gasteiger charge is -2.44. The van der Waals surface area contributed by atoms with Crippen LogP contribution < -0.4 is 10.2 Å². The summed E-state index contributed by atoms with van der Waals surface area (Å²) in [5, 5.41) is 51.4. The lowest BCUT2D eigenvalue weighted by molar-refractivity contribution is -0.0831. The number of hydrogen-bond donors (Lipinski definition) is 6. The van der Waals surface area contributed by atoms with E-state index >= 15 is 0 Å². The number of benzene rings is 1. The van der Waals surface area contributed by atoms with Crippen molar-refractivity contribution >= 4 is 23.0 Å². The van der Waals surface area contributed by atoms with Gasteiger partial charge in [0.2, 0.25) is 0 Å². The maximum atomic E-state index is 10.2. The molecule has 8 heteroatoms. The van der Waals surface area contributed by atoms with E-state index in [1.807, 2.05) is 0 Å². The van der Waals surface area contributed by atoms with Crippen LogP contribution in [-0.2, 0) is 0 Å². The molecule has 1 aliphatic rings. The molecule has 116 valence electrons. The van der Waals surface area contributed by atoms with Gasteiger partial charge in [-0.3, -0.25) is 4.90 Å². The first kappa shape index (κ1) is 16.1. The molecule has 0 spiro atoms. The molecule has 0 aliphatic carbocycles. The van der Waals surface area contributed by atoms with Crippen molar-refractivity contribution in [3.63, 3.8) is 0 Å². The van der Waals surface area contributed by atoms with Crippen molar-refractivity contribution in [1.82, 2.24) is 5.32 Å². The second kappa shape index (κ2) is 6.65. The fourth-order valence-corrected chi connectivity index (χ4v) is 2.60. The summed E-state index contributed by atoms with van der Waals surface area (Å²) in [5.74, 6) is 0. The number of nitrogens with one attached hydrogen (secondary N) is 1. The average molecular weight is 314 g/mol. The first-order valence-electron chi connectivity index (χ1n) is 6.45. The van der Waals surface area contributed by atoms with Crippen LogP contribution in [-0.4, -0.2) is 67.8 Å². The normalized spacial score (nSPS) is 28.9. The summed E-state index contributed by atoms with van der Waals surface area (Å²) in [6.07, 6.45) is -5.72. The molecule has 6 N–H and O–H groups in total. The zero-order valence-corrected chi connectivity index (χ0v) is 11.9. The second-order valence-electron chi connectivity index (χ2n) is 4.83. The van der Waals surface area contributed by atoms with Gasteiger partial charge in [-0.15, -0.1) is 0 Å². The van der Waals surface area contributed by atoms with Gasteiger partial charge in [0.25, 0.3) is 0 Å². The maximum absolute atomic E-state index is 10.2. The summed E-state index contributed by atoms with van der Waals surface area (Å²) in [7, 11) is 0. The van der Waals surface area contributed by atoms with Crippen molar-refractivity contribution in [3.05, 3.63) is 30.3 Å². The van der Waals surface area contributed by atoms with Gasteiger partial charge in [-0.05, 0) is 24.4 Å². The zero-order chi connectivity index (χ0) is 15.6. The van der Waals surface area contributed by atoms with E-state index in [0.717, 1.165) is 0 Å². The van der Waals surface area contributed by atoms with E-state index in [4.69, 9.17) is 17.3 Å². The first-order chi connectivity index (χ1) is 9.97. The monoisotopic (exact) mass is 314 g/mol. The number of rotatable bonds is 4. The largest absolute Gasteiger partial charge is 0.394 e.